The highest BCUT2D eigenvalue weighted by molar-refractivity contribution is 5.79. The fourth-order valence-electron chi connectivity index (χ4n) is 2.86. The highest BCUT2D eigenvalue weighted by atomic mass is 16.1. The molecule has 0 bridgehead atoms. The van der Waals surface area contributed by atoms with Crippen LogP contribution in [0.1, 0.15) is 36.8 Å². The van der Waals surface area contributed by atoms with Crippen molar-refractivity contribution in [2.75, 3.05) is 6.54 Å². The predicted molar refractivity (Wildman–Crippen MR) is 77.5 cm³/mol. The van der Waals surface area contributed by atoms with Crippen LogP contribution in [0.3, 0.4) is 0 Å². The largest absolute Gasteiger partial charge is 0.352 e. The molecule has 2 rings (SSSR count). The molecule has 1 aromatic carbocycles. The van der Waals surface area contributed by atoms with Gasteiger partial charge in [-0.2, -0.15) is 0 Å². The molecule has 1 aromatic rings. The molecule has 1 amide bonds. The summed E-state index contributed by atoms with van der Waals surface area (Å²) in [6.45, 7) is 3.31. The Labute approximate surface area is 115 Å². The van der Waals surface area contributed by atoms with Gasteiger partial charge in [0.15, 0.2) is 0 Å². The molecule has 0 saturated heterocycles. The molecule has 1 fully saturated rings. The number of carbonyl (C=O) groups is 1. The van der Waals surface area contributed by atoms with Crippen molar-refractivity contribution in [1.29, 1.82) is 0 Å². The van der Waals surface area contributed by atoms with Crippen molar-refractivity contribution in [2.45, 2.75) is 39.2 Å². The number of benzene rings is 1. The van der Waals surface area contributed by atoms with E-state index in [0.29, 0.717) is 19.0 Å². The SMILES string of the molecule is Cc1ccc(CNC(=O)C2CCCCC2CN)cc1. The van der Waals surface area contributed by atoms with E-state index >= 15 is 0 Å². The number of hydrogen-bond donors (Lipinski definition) is 2. The number of hydrogen-bond acceptors (Lipinski definition) is 2. The van der Waals surface area contributed by atoms with Crippen LogP contribution < -0.4 is 11.1 Å². The van der Waals surface area contributed by atoms with Gasteiger partial charge in [-0.05, 0) is 37.8 Å². The van der Waals surface area contributed by atoms with E-state index in [1.807, 2.05) is 0 Å². The van der Waals surface area contributed by atoms with Crippen LogP contribution in [0.5, 0.6) is 0 Å². The Balaban J connectivity index is 1.87. The summed E-state index contributed by atoms with van der Waals surface area (Å²) in [5.41, 5.74) is 8.17. The van der Waals surface area contributed by atoms with Gasteiger partial charge in [0.25, 0.3) is 0 Å². The Morgan fingerprint density at radius 2 is 1.95 bits per heavy atom. The van der Waals surface area contributed by atoms with E-state index in [9.17, 15) is 4.79 Å². The monoisotopic (exact) mass is 260 g/mol. The molecule has 0 heterocycles. The average Bonchev–Trinajstić information content (AvgIpc) is 2.46. The molecule has 1 aliphatic carbocycles. The molecular formula is C16H24N2O. The lowest BCUT2D eigenvalue weighted by Gasteiger charge is -2.29. The van der Waals surface area contributed by atoms with Gasteiger partial charge in [0.1, 0.15) is 0 Å². The van der Waals surface area contributed by atoms with Gasteiger partial charge >= 0.3 is 0 Å². The van der Waals surface area contributed by atoms with E-state index in [1.165, 1.54) is 12.0 Å². The summed E-state index contributed by atoms with van der Waals surface area (Å²) >= 11 is 0. The standard InChI is InChI=1S/C16H24N2O/c1-12-6-8-13(9-7-12)11-18-16(19)15-5-3-2-4-14(15)10-17/h6-9,14-15H,2-5,10-11,17H2,1H3,(H,18,19). The number of carbonyl (C=O) groups excluding carboxylic acids is 1. The second kappa shape index (κ2) is 6.71. The first kappa shape index (κ1) is 14.1. The molecule has 3 nitrogen and oxygen atoms in total. The molecule has 3 N–H and O–H groups in total. The average molecular weight is 260 g/mol. The van der Waals surface area contributed by atoms with Crippen molar-refractivity contribution in [3.8, 4) is 0 Å². The van der Waals surface area contributed by atoms with Gasteiger partial charge in [-0.1, -0.05) is 42.7 Å². The van der Waals surface area contributed by atoms with Crippen molar-refractivity contribution < 1.29 is 4.79 Å². The predicted octanol–water partition coefficient (Wildman–Crippen LogP) is 2.38. The van der Waals surface area contributed by atoms with Crippen LogP contribution in [0.25, 0.3) is 0 Å². The molecule has 1 aliphatic rings. The van der Waals surface area contributed by atoms with E-state index in [-0.39, 0.29) is 11.8 Å². The Kier molecular flexibility index (Phi) is 4.97. The summed E-state index contributed by atoms with van der Waals surface area (Å²) in [5.74, 6) is 0.659. The Hall–Kier alpha value is -1.35. The van der Waals surface area contributed by atoms with Crippen molar-refractivity contribution in [3.63, 3.8) is 0 Å². The van der Waals surface area contributed by atoms with Crippen LogP contribution in [0.15, 0.2) is 24.3 Å². The molecule has 0 spiro atoms. The van der Waals surface area contributed by atoms with Gasteiger partial charge < -0.3 is 11.1 Å². The summed E-state index contributed by atoms with van der Waals surface area (Å²) in [5, 5.41) is 3.06. The van der Waals surface area contributed by atoms with E-state index in [2.05, 4.69) is 36.5 Å². The molecule has 104 valence electrons. The summed E-state index contributed by atoms with van der Waals surface area (Å²) in [6, 6.07) is 8.28. The quantitative estimate of drug-likeness (QED) is 0.873. The second-order valence-corrected chi connectivity index (χ2v) is 5.59. The summed E-state index contributed by atoms with van der Waals surface area (Å²) in [4.78, 5) is 12.2. The highest BCUT2D eigenvalue weighted by Crippen LogP contribution is 2.29. The van der Waals surface area contributed by atoms with E-state index in [1.54, 1.807) is 0 Å². The fourth-order valence-corrected chi connectivity index (χ4v) is 2.86. The normalized spacial score (nSPS) is 23.1. The zero-order valence-electron chi connectivity index (χ0n) is 11.7. The number of nitrogens with two attached hydrogens (primary N) is 1. The first-order chi connectivity index (χ1) is 9.20. The van der Waals surface area contributed by atoms with E-state index in [0.717, 1.165) is 24.8 Å². The number of amides is 1. The highest BCUT2D eigenvalue weighted by Gasteiger charge is 2.29. The van der Waals surface area contributed by atoms with Crippen LogP contribution in [-0.4, -0.2) is 12.5 Å². The molecule has 1 saturated carbocycles. The van der Waals surface area contributed by atoms with Gasteiger partial charge in [0.2, 0.25) is 5.91 Å². The number of aryl methyl sites for hydroxylation is 1. The van der Waals surface area contributed by atoms with Crippen LogP contribution in [0, 0.1) is 18.8 Å². The molecule has 2 atom stereocenters. The van der Waals surface area contributed by atoms with Crippen LogP contribution in [0.2, 0.25) is 0 Å². The summed E-state index contributed by atoms with van der Waals surface area (Å²) in [7, 11) is 0. The third-order valence-corrected chi connectivity index (χ3v) is 4.14. The first-order valence-electron chi connectivity index (χ1n) is 7.24. The number of rotatable bonds is 4. The second-order valence-electron chi connectivity index (χ2n) is 5.59. The molecule has 0 aromatic heterocycles. The van der Waals surface area contributed by atoms with E-state index < -0.39 is 0 Å². The minimum Gasteiger partial charge on any atom is -0.352 e. The van der Waals surface area contributed by atoms with Gasteiger partial charge in [-0.3, -0.25) is 4.79 Å². The maximum absolute atomic E-state index is 12.2. The number of nitrogens with one attached hydrogen (secondary N) is 1. The Bertz CT molecular complexity index is 413. The van der Waals surface area contributed by atoms with Gasteiger partial charge in [0.05, 0.1) is 0 Å². The molecule has 2 unspecified atom stereocenters. The first-order valence-corrected chi connectivity index (χ1v) is 7.24. The minimum absolute atomic E-state index is 0.115. The fraction of sp³-hybridized carbons (Fsp3) is 0.562. The van der Waals surface area contributed by atoms with Crippen molar-refractivity contribution in [2.24, 2.45) is 17.6 Å². The van der Waals surface area contributed by atoms with Crippen LogP contribution in [0.4, 0.5) is 0 Å². The molecule has 3 heteroatoms. The summed E-state index contributed by atoms with van der Waals surface area (Å²) < 4.78 is 0. The Morgan fingerprint density at radius 1 is 1.26 bits per heavy atom. The maximum atomic E-state index is 12.2. The van der Waals surface area contributed by atoms with Crippen molar-refractivity contribution >= 4 is 5.91 Å². The third kappa shape index (κ3) is 3.80. The van der Waals surface area contributed by atoms with Gasteiger partial charge in [0, 0.05) is 12.5 Å². The lowest BCUT2D eigenvalue weighted by Crippen LogP contribution is -2.39. The summed E-state index contributed by atoms with van der Waals surface area (Å²) in [6.07, 6.45) is 4.45. The molecular weight excluding hydrogens is 236 g/mol. The molecule has 0 aliphatic heterocycles. The van der Waals surface area contributed by atoms with Gasteiger partial charge in [-0.25, -0.2) is 0 Å². The topological polar surface area (TPSA) is 55.1 Å². The maximum Gasteiger partial charge on any atom is 0.223 e. The molecule has 0 radical (unpaired) electrons. The smallest absolute Gasteiger partial charge is 0.223 e. The van der Waals surface area contributed by atoms with Gasteiger partial charge in [-0.15, -0.1) is 0 Å². The van der Waals surface area contributed by atoms with E-state index in [4.69, 9.17) is 5.73 Å². The van der Waals surface area contributed by atoms with Crippen molar-refractivity contribution in [3.05, 3.63) is 35.4 Å². The zero-order valence-corrected chi connectivity index (χ0v) is 11.7. The zero-order chi connectivity index (χ0) is 13.7. The molecule has 19 heavy (non-hydrogen) atoms. The van der Waals surface area contributed by atoms with Crippen molar-refractivity contribution in [1.82, 2.24) is 5.32 Å². The Morgan fingerprint density at radius 3 is 2.63 bits per heavy atom. The van der Waals surface area contributed by atoms with Crippen LogP contribution in [-0.2, 0) is 11.3 Å². The third-order valence-electron chi connectivity index (χ3n) is 4.14. The minimum atomic E-state index is 0.115. The lowest BCUT2D eigenvalue weighted by atomic mass is 9.79. The lowest BCUT2D eigenvalue weighted by molar-refractivity contribution is -0.127. The van der Waals surface area contributed by atoms with Crippen LogP contribution >= 0.6 is 0 Å².